The molecule has 2 rings (SSSR count). The normalized spacial score (nSPS) is 10.5. The molecule has 0 bridgehead atoms. The summed E-state index contributed by atoms with van der Waals surface area (Å²) in [6, 6.07) is 7.65. The summed E-state index contributed by atoms with van der Waals surface area (Å²) in [6.07, 6.45) is 0. The number of aromatic nitrogens is 2. The summed E-state index contributed by atoms with van der Waals surface area (Å²) in [4.78, 5) is 0. The SMILES string of the molecule is COc1cccc(-n2nc(C)c(C)c2Cl)c1. The van der Waals surface area contributed by atoms with E-state index in [-0.39, 0.29) is 0 Å². The molecule has 0 aliphatic carbocycles. The van der Waals surface area contributed by atoms with Gasteiger partial charge in [0.15, 0.2) is 0 Å². The molecule has 0 fully saturated rings. The summed E-state index contributed by atoms with van der Waals surface area (Å²) < 4.78 is 6.89. The van der Waals surface area contributed by atoms with Crippen LogP contribution in [0.15, 0.2) is 24.3 Å². The van der Waals surface area contributed by atoms with Gasteiger partial charge in [0, 0.05) is 11.6 Å². The van der Waals surface area contributed by atoms with Gasteiger partial charge in [-0.3, -0.25) is 0 Å². The van der Waals surface area contributed by atoms with Gasteiger partial charge in [0.2, 0.25) is 0 Å². The second-order valence-corrected chi connectivity index (χ2v) is 3.97. The van der Waals surface area contributed by atoms with Gasteiger partial charge in [0.05, 0.1) is 18.5 Å². The number of ether oxygens (including phenoxy) is 1. The smallest absolute Gasteiger partial charge is 0.136 e. The Labute approximate surface area is 99.6 Å². The molecular formula is C12H13ClN2O. The Morgan fingerprint density at radius 2 is 2.06 bits per heavy atom. The number of benzene rings is 1. The Balaban J connectivity index is 2.54. The second-order valence-electron chi connectivity index (χ2n) is 3.61. The van der Waals surface area contributed by atoms with Crippen LogP contribution in [0.25, 0.3) is 5.69 Å². The monoisotopic (exact) mass is 236 g/mol. The molecule has 0 saturated heterocycles. The van der Waals surface area contributed by atoms with Crippen molar-refractivity contribution >= 4 is 11.6 Å². The van der Waals surface area contributed by atoms with Crippen LogP contribution >= 0.6 is 11.6 Å². The summed E-state index contributed by atoms with van der Waals surface area (Å²) in [5, 5.41) is 5.03. The number of methoxy groups -OCH3 is 1. The molecule has 1 aromatic carbocycles. The van der Waals surface area contributed by atoms with Crippen molar-refractivity contribution in [3.05, 3.63) is 40.7 Å². The summed E-state index contributed by atoms with van der Waals surface area (Å²) in [7, 11) is 1.64. The van der Waals surface area contributed by atoms with E-state index in [1.807, 2.05) is 38.1 Å². The average Bonchev–Trinajstić information content (AvgIpc) is 2.57. The third kappa shape index (κ3) is 1.78. The lowest BCUT2D eigenvalue weighted by molar-refractivity contribution is 0.414. The van der Waals surface area contributed by atoms with Gasteiger partial charge in [-0.25, -0.2) is 4.68 Å². The first-order chi connectivity index (χ1) is 7.63. The van der Waals surface area contributed by atoms with E-state index in [1.54, 1.807) is 11.8 Å². The molecule has 3 nitrogen and oxygen atoms in total. The zero-order valence-corrected chi connectivity index (χ0v) is 10.2. The van der Waals surface area contributed by atoms with Gasteiger partial charge < -0.3 is 4.74 Å². The van der Waals surface area contributed by atoms with E-state index in [2.05, 4.69) is 5.10 Å². The zero-order chi connectivity index (χ0) is 11.7. The molecule has 0 atom stereocenters. The van der Waals surface area contributed by atoms with E-state index in [4.69, 9.17) is 16.3 Å². The number of hydrogen-bond donors (Lipinski definition) is 0. The molecule has 16 heavy (non-hydrogen) atoms. The number of aryl methyl sites for hydroxylation is 1. The largest absolute Gasteiger partial charge is 0.497 e. The van der Waals surface area contributed by atoms with Crippen molar-refractivity contribution in [2.45, 2.75) is 13.8 Å². The van der Waals surface area contributed by atoms with E-state index in [0.717, 1.165) is 22.7 Å². The van der Waals surface area contributed by atoms with Crippen LogP contribution < -0.4 is 4.74 Å². The summed E-state index contributed by atoms with van der Waals surface area (Å²) in [5.41, 5.74) is 2.85. The molecule has 0 unspecified atom stereocenters. The van der Waals surface area contributed by atoms with Crippen molar-refractivity contribution in [1.82, 2.24) is 9.78 Å². The van der Waals surface area contributed by atoms with Gasteiger partial charge in [-0.15, -0.1) is 0 Å². The lowest BCUT2D eigenvalue weighted by atomic mass is 10.3. The molecular weight excluding hydrogens is 224 g/mol. The zero-order valence-electron chi connectivity index (χ0n) is 9.49. The molecule has 4 heteroatoms. The van der Waals surface area contributed by atoms with Gasteiger partial charge in [0.1, 0.15) is 10.9 Å². The van der Waals surface area contributed by atoms with Gasteiger partial charge >= 0.3 is 0 Å². The topological polar surface area (TPSA) is 27.1 Å². The van der Waals surface area contributed by atoms with Crippen LogP contribution in [0.3, 0.4) is 0 Å². The van der Waals surface area contributed by atoms with Crippen molar-refractivity contribution < 1.29 is 4.74 Å². The Bertz CT molecular complexity index is 520. The number of nitrogens with zero attached hydrogens (tertiary/aromatic N) is 2. The molecule has 84 valence electrons. The van der Waals surface area contributed by atoms with Crippen LogP contribution in [0.4, 0.5) is 0 Å². The summed E-state index contributed by atoms with van der Waals surface area (Å²) in [6.45, 7) is 3.90. The van der Waals surface area contributed by atoms with Gasteiger partial charge in [-0.1, -0.05) is 17.7 Å². The number of halogens is 1. The predicted molar refractivity (Wildman–Crippen MR) is 64.6 cm³/mol. The lowest BCUT2D eigenvalue weighted by Gasteiger charge is -2.05. The summed E-state index contributed by atoms with van der Waals surface area (Å²) in [5.74, 6) is 0.791. The van der Waals surface area contributed by atoms with Crippen molar-refractivity contribution in [3.63, 3.8) is 0 Å². The minimum absolute atomic E-state index is 0.644. The highest BCUT2D eigenvalue weighted by Crippen LogP contribution is 2.24. The highest BCUT2D eigenvalue weighted by Gasteiger charge is 2.10. The van der Waals surface area contributed by atoms with Crippen molar-refractivity contribution in [3.8, 4) is 11.4 Å². The predicted octanol–water partition coefficient (Wildman–Crippen LogP) is 3.15. The molecule has 0 amide bonds. The highest BCUT2D eigenvalue weighted by atomic mass is 35.5. The molecule has 0 aliphatic heterocycles. The highest BCUT2D eigenvalue weighted by molar-refractivity contribution is 6.30. The molecule has 0 N–H and O–H groups in total. The van der Waals surface area contributed by atoms with E-state index >= 15 is 0 Å². The minimum Gasteiger partial charge on any atom is -0.497 e. The maximum Gasteiger partial charge on any atom is 0.136 e. The second kappa shape index (κ2) is 4.18. The maximum absolute atomic E-state index is 6.20. The summed E-state index contributed by atoms with van der Waals surface area (Å²) >= 11 is 6.20. The van der Waals surface area contributed by atoms with Crippen LogP contribution in [0.1, 0.15) is 11.3 Å². The molecule has 2 aromatic rings. The Morgan fingerprint density at radius 1 is 1.31 bits per heavy atom. The van der Waals surface area contributed by atoms with Crippen LogP contribution in [-0.4, -0.2) is 16.9 Å². The van der Waals surface area contributed by atoms with Gasteiger partial charge in [-0.05, 0) is 26.0 Å². The molecule has 0 aliphatic rings. The quantitative estimate of drug-likeness (QED) is 0.801. The van der Waals surface area contributed by atoms with E-state index < -0.39 is 0 Å². The van der Waals surface area contributed by atoms with Crippen molar-refractivity contribution in [1.29, 1.82) is 0 Å². The molecule has 0 radical (unpaired) electrons. The fourth-order valence-electron chi connectivity index (χ4n) is 1.49. The minimum atomic E-state index is 0.644. The molecule has 0 spiro atoms. The fraction of sp³-hybridized carbons (Fsp3) is 0.250. The van der Waals surface area contributed by atoms with E-state index in [9.17, 15) is 0 Å². The van der Waals surface area contributed by atoms with Crippen molar-refractivity contribution in [2.24, 2.45) is 0 Å². The van der Waals surface area contributed by atoms with Crippen LogP contribution in [0.2, 0.25) is 5.15 Å². The third-order valence-corrected chi connectivity index (χ3v) is 3.03. The third-order valence-electron chi connectivity index (χ3n) is 2.59. The van der Waals surface area contributed by atoms with Gasteiger partial charge in [-0.2, -0.15) is 5.10 Å². The van der Waals surface area contributed by atoms with Crippen LogP contribution in [-0.2, 0) is 0 Å². The average molecular weight is 237 g/mol. The van der Waals surface area contributed by atoms with E-state index in [0.29, 0.717) is 5.15 Å². The molecule has 1 aromatic heterocycles. The fourth-order valence-corrected chi connectivity index (χ4v) is 1.76. The first kappa shape index (κ1) is 11.0. The Morgan fingerprint density at radius 3 is 2.62 bits per heavy atom. The van der Waals surface area contributed by atoms with Crippen LogP contribution in [0.5, 0.6) is 5.75 Å². The van der Waals surface area contributed by atoms with Crippen molar-refractivity contribution in [2.75, 3.05) is 7.11 Å². The molecule has 1 heterocycles. The molecule has 0 saturated carbocycles. The van der Waals surface area contributed by atoms with Gasteiger partial charge in [0.25, 0.3) is 0 Å². The van der Waals surface area contributed by atoms with E-state index in [1.165, 1.54) is 0 Å². The Kier molecular flexibility index (Phi) is 2.88. The number of rotatable bonds is 2. The Hall–Kier alpha value is -1.48. The maximum atomic E-state index is 6.20. The van der Waals surface area contributed by atoms with Crippen LogP contribution in [0, 0.1) is 13.8 Å². The first-order valence-corrected chi connectivity index (χ1v) is 5.37. The number of hydrogen-bond acceptors (Lipinski definition) is 2. The standard InChI is InChI=1S/C12H13ClN2O/c1-8-9(2)14-15(12(8)13)10-5-4-6-11(7-10)16-3/h4-7H,1-3H3. The lowest BCUT2D eigenvalue weighted by Crippen LogP contribution is -1.97. The first-order valence-electron chi connectivity index (χ1n) is 4.99.